The Labute approximate surface area is 237 Å². The lowest BCUT2D eigenvalue weighted by Crippen LogP contribution is -2.45. The summed E-state index contributed by atoms with van der Waals surface area (Å²) < 4.78 is 51.1. The van der Waals surface area contributed by atoms with Gasteiger partial charge in [0.1, 0.15) is 0 Å². The highest BCUT2D eigenvalue weighted by Gasteiger charge is 2.35. The van der Waals surface area contributed by atoms with Crippen LogP contribution in [-0.4, -0.2) is 78.1 Å². The van der Waals surface area contributed by atoms with Crippen LogP contribution in [-0.2, 0) is 36.0 Å². The number of sulfonamides is 2. The average Bonchev–Trinajstić information content (AvgIpc) is 2.98. The number of carbonyl (C=O) groups is 1. The van der Waals surface area contributed by atoms with E-state index in [0.717, 1.165) is 18.7 Å². The summed E-state index contributed by atoms with van der Waals surface area (Å²) in [7, 11) is -4.15. The Morgan fingerprint density at radius 2 is 1.15 bits per heavy atom. The van der Waals surface area contributed by atoms with Crippen molar-refractivity contribution in [3.63, 3.8) is 0 Å². The van der Waals surface area contributed by atoms with Crippen LogP contribution < -0.4 is 14.8 Å². The van der Waals surface area contributed by atoms with Gasteiger partial charge in [0.05, 0.1) is 21.0 Å². The largest absolute Gasteiger partial charge is 0.385 e. The van der Waals surface area contributed by atoms with Gasteiger partial charge in [0, 0.05) is 19.5 Å². The number of likely N-dealkylation sites (tertiary alicyclic amines) is 1. The van der Waals surface area contributed by atoms with Gasteiger partial charge in [-0.3, -0.25) is 4.79 Å². The molecule has 0 radical (unpaired) electrons. The fraction of sp³-hybridized carbons (Fsp3) is 0.519. The zero-order chi connectivity index (χ0) is 29.6. The first-order chi connectivity index (χ1) is 18.8. The van der Waals surface area contributed by atoms with Gasteiger partial charge < -0.3 is 20.4 Å². The molecule has 13 heteroatoms. The lowest BCUT2D eigenvalue weighted by molar-refractivity contribution is -0.135. The number of benzene rings is 2. The number of carbonyl (C=O) groups excluding carboxylic acids is 1. The van der Waals surface area contributed by atoms with E-state index >= 15 is 0 Å². The van der Waals surface area contributed by atoms with Crippen LogP contribution >= 0.6 is 0 Å². The zero-order valence-electron chi connectivity index (χ0n) is 23.2. The van der Waals surface area contributed by atoms with Crippen LogP contribution in [0.5, 0.6) is 0 Å². The molecule has 222 valence electrons. The first-order valence-corrected chi connectivity index (χ1v) is 16.3. The van der Waals surface area contributed by atoms with Gasteiger partial charge in [-0.05, 0) is 88.3 Å². The molecule has 0 aliphatic carbocycles. The monoisotopic (exact) mass is 596 g/mol. The SMILES string of the molecule is CCC(=O)N1CCC(O)(c2ccc(S(=O)(=O)NC)cc2)CC1.CNS(=O)(=O)c1ccc(C2(O)CCNCC2)cc1. The van der Waals surface area contributed by atoms with Gasteiger partial charge in [0.25, 0.3) is 0 Å². The van der Waals surface area contributed by atoms with E-state index < -0.39 is 31.2 Å². The minimum atomic E-state index is -3.47. The number of hydrogen-bond donors (Lipinski definition) is 5. The standard InChI is InChI=1S/C15H22N2O4S.C12H18N2O3S/c1-3-14(18)17-10-8-15(19,9-11-17)12-4-6-13(7-5-12)22(20,21)16-2;1-13-18(16,17)11-4-2-10(3-5-11)12(15)6-8-14-9-7-12/h4-7,16,19H,3,8-11H2,1-2H3;2-5,13-15H,6-9H2,1H3. The van der Waals surface area contributed by atoms with Gasteiger partial charge in [0.15, 0.2) is 0 Å². The molecule has 2 aromatic carbocycles. The van der Waals surface area contributed by atoms with E-state index in [1.807, 2.05) is 6.92 Å². The van der Waals surface area contributed by atoms with E-state index in [2.05, 4.69) is 14.8 Å². The summed E-state index contributed by atoms with van der Waals surface area (Å²) in [6.07, 6.45) is 2.67. The summed E-state index contributed by atoms with van der Waals surface area (Å²) in [5, 5.41) is 24.4. The number of hydrogen-bond acceptors (Lipinski definition) is 8. The molecule has 40 heavy (non-hydrogen) atoms. The predicted molar refractivity (Wildman–Crippen MR) is 151 cm³/mol. The second-order valence-corrected chi connectivity index (χ2v) is 13.8. The van der Waals surface area contributed by atoms with Crippen LogP contribution in [0.3, 0.4) is 0 Å². The lowest BCUT2D eigenvalue weighted by Gasteiger charge is -2.38. The Bertz CT molecular complexity index is 1350. The number of rotatable bonds is 7. The maximum Gasteiger partial charge on any atom is 0.240 e. The molecule has 2 heterocycles. The molecular formula is C27H40N4O7S2. The van der Waals surface area contributed by atoms with Crippen LogP contribution in [0.25, 0.3) is 0 Å². The van der Waals surface area contributed by atoms with Gasteiger partial charge in [-0.25, -0.2) is 26.3 Å². The summed E-state index contributed by atoms with van der Waals surface area (Å²) in [6, 6.07) is 12.7. The zero-order valence-corrected chi connectivity index (χ0v) is 24.8. The van der Waals surface area contributed by atoms with Crippen LogP contribution in [0.2, 0.25) is 0 Å². The van der Waals surface area contributed by atoms with E-state index in [4.69, 9.17) is 0 Å². The van der Waals surface area contributed by atoms with E-state index in [9.17, 15) is 31.8 Å². The third-order valence-corrected chi connectivity index (χ3v) is 10.5. The Kier molecular flexibility index (Phi) is 10.5. The first kappa shape index (κ1) is 32.1. The Morgan fingerprint density at radius 3 is 1.50 bits per heavy atom. The molecule has 2 aliphatic rings. The molecule has 0 atom stereocenters. The summed E-state index contributed by atoms with van der Waals surface area (Å²) in [5.74, 6) is 0.0949. The molecule has 1 amide bonds. The van der Waals surface area contributed by atoms with Crippen LogP contribution in [0.15, 0.2) is 58.3 Å². The van der Waals surface area contributed by atoms with Crippen LogP contribution in [0, 0.1) is 0 Å². The van der Waals surface area contributed by atoms with E-state index in [1.165, 1.54) is 38.4 Å². The molecule has 0 unspecified atom stereocenters. The maximum atomic E-state index is 11.7. The molecule has 4 rings (SSSR count). The Morgan fingerprint density at radius 1 is 0.775 bits per heavy atom. The van der Waals surface area contributed by atoms with Crippen LogP contribution in [0.1, 0.15) is 50.2 Å². The molecule has 0 saturated carbocycles. The fourth-order valence-corrected chi connectivity index (χ4v) is 6.35. The van der Waals surface area contributed by atoms with E-state index in [1.54, 1.807) is 29.2 Å². The van der Waals surface area contributed by atoms with Crippen LogP contribution in [0.4, 0.5) is 0 Å². The highest BCUT2D eigenvalue weighted by Crippen LogP contribution is 2.33. The second-order valence-electron chi connectivity index (χ2n) is 10.0. The smallest absolute Gasteiger partial charge is 0.240 e. The third kappa shape index (κ3) is 7.46. The molecule has 2 fully saturated rings. The molecule has 2 aromatic rings. The van der Waals surface area contributed by atoms with Gasteiger partial charge in [0.2, 0.25) is 26.0 Å². The molecular weight excluding hydrogens is 556 g/mol. The van der Waals surface area contributed by atoms with Gasteiger partial charge >= 0.3 is 0 Å². The summed E-state index contributed by atoms with van der Waals surface area (Å²) in [5.41, 5.74) is -0.384. The van der Waals surface area contributed by atoms with E-state index in [-0.39, 0.29) is 15.7 Å². The number of aliphatic hydroxyl groups is 2. The molecule has 2 aliphatic heterocycles. The van der Waals surface area contributed by atoms with Gasteiger partial charge in [-0.15, -0.1) is 0 Å². The highest BCUT2D eigenvalue weighted by atomic mass is 32.2. The number of nitrogens with zero attached hydrogens (tertiary/aromatic N) is 1. The summed E-state index contributed by atoms with van der Waals surface area (Å²) >= 11 is 0. The number of piperidine rings is 2. The minimum absolute atomic E-state index is 0.0949. The second kappa shape index (κ2) is 13.1. The first-order valence-electron chi connectivity index (χ1n) is 13.3. The van der Waals surface area contributed by atoms with Crippen molar-refractivity contribution in [3.05, 3.63) is 59.7 Å². The quantitative estimate of drug-likeness (QED) is 0.316. The predicted octanol–water partition coefficient (Wildman–Crippen LogP) is 0.980. The average molecular weight is 597 g/mol. The fourth-order valence-electron chi connectivity index (χ4n) is 4.89. The van der Waals surface area contributed by atoms with Gasteiger partial charge in [-0.2, -0.15) is 0 Å². The molecule has 2 saturated heterocycles. The Hall–Kier alpha value is -2.39. The van der Waals surface area contributed by atoms with Crippen molar-refractivity contribution in [3.8, 4) is 0 Å². The van der Waals surface area contributed by atoms with Crippen molar-refractivity contribution in [2.45, 2.75) is 60.0 Å². The van der Waals surface area contributed by atoms with Gasteiger partial charge in [-0.1, -0.05) is 31.2 Å². The lowest BCUT2D eigenvalue weighted by atomic mass is 9.84. The van der Waals surface area contributed by atoms with E-state index in [0.29, 0.717) is 50.8 Å². The minimum Gasteiger partial charge on any atom is -0.385 e. The third-order valence-electron chi connectivity index (χ3n) is 7.62. The number of amides is 1. The van der Waals surface area contributed by atoms with Crippen molar-refractivity contribution in [2.24, 2.45) is 0 Å². The van der Waals surface area contributed by atoms with Crippen molar-refractivity contribution in [2.75, 3.05) is 40.3 Å². The molecule has 5 N–H and O–H groups in total. The summed E-state index contributed by atoms with van der Waals surface area (Å²) in [4.78, 5) is 13.8. The molecule has 0 aromatic heterocycles. The van der Waals surface area contributed by atoms with Crippen molar-refractivity contribution in [1.29, 1.82) is 0 Å². The van der Waals surface area contributed by atoms with Crippen molar-refractivity contribution < 1.29 is 31.8 Å². The van der Waals surface area contributed by atoms with Crippen molar-refractivity contribution in [1.82, 2.24) is 19.7 Å². The number of nitrogens with one attached hydrogen (secondary N) is 3. The molecule has 11 nitrogen and oxygen atoms in total. The highest BCUT2D eigenvalue weighted by molar-refractivity contribution is 7.89. The molecule has 0 spiro atoms. The topological polar surface area (TPSA) is 165 Å². The molecule has 0 bridgehead atoms. The Balaban J connectivity index is 0.000000225. The van der Waals surface area contributed by atoms with Crippen molar-refractivity contribution >= 4 is 26.0 Å². The summed E-state index contributed by atoms with van der Waals surface area (Å²) in [6.45, 7) is 4.39. The normalized spacial score (nSPS) is 18.9. The maximum absolute atomic E-state index is 11.7.